The van der Waals surface area contributed by atoms with Gasteiger partial charge >= 0.3 is 17.9 Å². The van der Waals surface area contributed by atoms with E-state index in [9.17, 15) is 14.4 Å². The van der Waals surface area contributed by atoms with Gasteiger partial charge in [0.2, 0.25) is 11.6 Å². The Kier molecular flexibility index (Phi) is 9.52. The molecule has 2 heterocycles. The third-order valence-electron chi connectivity index (χ3n) is 7.45. The van der Waals surface area contributed by atoms with Crippen molar-refractivity contribution in [3.63, 3.8) is 0 Å². The van der Waals surface area contributed by atoms with Crippen molar-refractivity contribution in [2.45, 2.75) is 36.0 Å². The van der Waals surface area contributed by atoms with Gasteiger partial charge in [-0.3, -0.25) is 0 Å². The molecule has 1 fully saturated rings. The number of hydrogen-bond donors (Lipinski definition) is 1. The molecule has 3 aromatic carbocycles. The smallest absolute Gasteiger partial charge is 0.338 e. The van der Waals surface area contributed by atoms with Crippen LogP contribution in [0.2, 0.25) is 0 Å². The predicted molar refractivity (Wildman–Crippen MR) is 155 cm³/mol. The van der Waals surface area contributed by atoms with E-state index in [1.54, 1.807) is 103 Å². The summed E-state index contributed by atoms with van der Waals surface area (Å²) in [6.07, 6.45) is -1.77. The summed E-state index contributed by atoms with van der Waals surface area (Å²) in [4.78, 5) is 39.6. The second kappa shape index (κ2) is 13.5. The standard InChI is InChI=1S/C33H33NO10/c1-38-32(21-34)18-19-33(39-2,44-32)28-27(43-31(37)24-16-10-5-11-17-24)26(42-30(36)23-14-8-4-9-15-23)25(41-28)20-40-29(35)22-12-6-3-7-13-22/h3-19,25-28H,20-21,34H2,1-2H3/t25-,26-,27-,28-,32?,33?/m1/s1. The molecular formula is C33H33NO10. The van der Waals surface area contributed by atoms with Crippen LogP contribution in [0.15, 0.2) is 103 Å². The van der Waals surface area contributed by atoms with Crippen LogP contribution in [-0.2, 0) is 33.2 Å². The Morgan fingerprint density at radius 2 is 1.20 bits per heavy atom. The fraction of sp³-hybridized carbons (Fsp3) is 0.303. The summed E-state index contributed by atoms with van der Waals surface area (Å²) in [5.41, 5.74) is 6.78. The molecule has 0 aromatic heterocycles. The number of hydrogen-bond acceptors (Lipinski definition) is 11. The monoisotopic (exact) mass is 603 g/mol. The predicted octanol–water partition coefficient (Wildman–Crippen LogP) is 3.29. The lowest BCUT2D eigenvalue weighted by molar-refractivity contribution is -0.326. The van der Waals surface area contributed by atoms with Gasteiger partial charge in [-0.15, -0.1) is 0 Å². The van der Waals surface area contributed by atoms with Crippen LogP contribution in [0, 0.1) is 0 Å². The van der Waals surface area contributed by atoms with E-state index in [0.717, 1.165) is 0 Å². The molecule has 11 nitrogen and oxygen atoms in total. The molecule has 2 unspecified atom stereocenters. The van der Waals surface area contributed by atoms with Crippen LogP contribution in [0.25, 0.3) is 0 Å². The molecule has 11 heteroatoms. The molecule has 0 radical (unpaired) electrons. The van der Waals surface area contributed by atoms with Gasteiger partial charge in [0.25, 0.3) is 0 Å². The lowest BCUT2D eigenvalue weighted by Gasteiger charge is -2.38. The maximum absolute atomic E-state index is 13.4. The Balaban J connectivity index is 1.51. The first-order valence-electron chi connectivity index (χ1n) is 13.9. The number of benzene rings is 3. The van der Waals surface area contributed by atoms with Crippen LogP contribution in [0.3, 0.4) is 0 Å². The SMILES string of the molecule is COC1(CN)C=CC(OC)([C@@H]2O[C@H](COC(=O)c3ccccc3)[C@@H](OC(=O)c3ccccc3)[C@H]2OC(=O)c2ccccc2)O1. The van der Waals surface area contributed by atoms with Crippen molar-refractivity contribution in [1.82, 2.24) is 0 Å². The maximum Gasteiger partial charge on any atom is 0.338 e. The molecular weight excluding hydrogens is 570 g/mol. The minimum absolute atomic E-state index is 0.0726. The maximum atomic E-state index is 13.4. The highest BCUT2D eigenvalue weighted by molar-refractivity contribution is 5.91. The van der Waals surface area contributed by atoms with E-state index in [2.05, 4.69) is 0 Å². The van der Waals surface area contributed by atoms with Gasteiger partial charge in [-0.05, 0) is 48.6 Å². The van der Waals surface area contributed by atoms with Crippen LogP contribution in [0.4, 0.5) is 0 Å². The van der Waals surface area contributed by atoms with Gasteiger partial charge < -0.3 is 38.9 Å². The highest BCUT2D eigenvalue weighted by atomic mass is 16.8. The molecule has 2 aliphatic rings. The summed E-state index contributed by atoms with van der Waals surface area (Å²) in [6, 6.07) is 25.0. The second-order valence-corrected chi connectivity index (χ2v) is 10.1. The van der Waals surface area contributed by atoms with Gasteiger partial charge in [0.05, 0.1) is 23.2 Å². The Morgan fingerprint density at radius 3 is 1.66 bits per heavy atom. The summed E-state index contributed by atoms with van der Waals surface area (Å²) in [5.74, 6) is -5.11. The van der Waals surface area contributed by atoms with Gasteiger partial charge in [-0.2, -0.15) is 0 Å². The normalized spacial score (nSPS) is 27.5. The van der Waals surface area contributed by atoms with Crippen molar-refractivity contribution >= 4 is 17.9 Å². The molecule has 1 saturated heterocycles. The number of rotatable bonds is 11. The summed E-state index contributed by atoms with van der Waals surface area (Å²) in [5, 5.41) is 0. The molecule has 2 N–H and O–H groups in total. The molecule has 0 bridgehead atoms. The molecule has 44 heavy (non-hydrogen) atoms. The molecule has 0 saturated carbocycles. The Morgan fingerprint density at radius 1 is 0.705 bits per heavy atom. The molecule has 230 valence electrons. The third kappa shape index (κ3) is 6.42. The van der Waals surface area contributed by atoms with Crippen molar-refractivity contribution in [3.05, 3.63) is 120 Å². The van der Waals surface area contributed by atoms with E-state index >= 15 is 0 Å². The largest absolute Gasteiger partial charge is 0.459 e. The van der Waals surface area contributed by atoms with Crippen LogP contribution >= 0.6 is 0 Å². The molecule has 2 aliphatic heterocycles. The Hall–Kier alpha value is -4.39. The van der Waals surface area contributed by atoms with E-state index < -0.39 is 53.9 Å². The highest BCUT2D eigenvalue weighted by Crippen LogP contribution is 2.43. The number of nitrogens with two attached hydrogens (primary N) is 1. The first-order chi connectivity index (χ1) is 21.3. The quantitative estimate of drug-likeness (QED) is 0.196. The molecule has 3 aromatic rings. The first kappa shape index (κ1) is 31.0. The van der Waals surface area contributed by atoms with E-state index in [1.165, 1.54) is 14.2 Å². The number of methoxy groups -OCH3 is 2. The zero-order chi connectivity index (χ0) is 31.2. The van der Waals surface area contributed by atoms with Gasteiger partial charge in [-0.1, -0.05) is 54.6 Å². The van der Waals surface area contributed by atoms with Gasteiger partial charge in [0, 0.05) is 14.2 Å². The van der Waals surface area contributed by atoms with Crippen LogP contribution in [0.1, 0.15) is 31.1 Å². The van der Waals surface area contributed by atoms with Crippen molar-refractivity contribution in [2.24, 2.45) is 5.73 Å². The minimum atomic E-state index is -1.70. The van der Waals surface area contributed by atoms with Crippen molar-refractivity contribution < 1.29 is 47.5 Å². The molecule has 5 rings (SSSR count). The number of carbonyl (C=O) groups is 3. The zero-order valence-electron chi connectivity index (χ0n) is 24.2. The number of carbonyl (C=O) groups excluding carboxylic acids is 3. The van der Waals surface area contributed by atoms with Crippen LogP contribution < -0.4 is 5.73 Å². The van der Waals surface area contributed by atoms with Crippen molar-refractivity contribution in [1.29, 1.82) is 0 Å². The summed E-state index contributed by atoms with van der Waals surface area (Å²) < 4.78 is 41.5. The van der Waals surface area contributed by atoms with E-state index in [1.807, 2.05) is 0 Å². The zero-order valence-corrected chi connectivity index (χ0v) is 24.2. The molecule has 0 spiro atoms. The first-order valence-corrected chi connectivity index (χ1v) is 13.9. The molecule has 6 atom stereocenters. The van der Waals surface area contributed by atoms with Gasteiger partial charge in [-0.25, -0.2) is 14.4 Å². The lowest BCUT2D eigenvalue weighted by atomic mass is 10.00. The van der Waals surface area contributed by atoms with Gasteiger partial charge in [0.15, 0.2) is 18.3 Å². The summed E-state index contributed by atoms with van der Waals surface area (Å²) in [6.45, 7) is -0.428. The van der Waals surface area contributed by atoms with Crippen molar-refractivity contribution in [2.75, 3.05) is 27.4 Å². The third-order valence-corrected chi connectivity index (χ3v) is 7.45. The fourth-order valence-electron chi connectivity index (χ4n) is 5.07. The average molecular weight is 604 g/mol. The van der Waals surface area contributed by atoms with Gasteiger partial charge in [0.1, 0.15) is 12.7 Å². The Bertz CT molecular complexity index is 1460. The Labute approximate surface area is 254 Å². The summed E-state index contributed by atoms with van der Waals surface area (Å²) in [7, 11) is 2.79. The number of esters is 3. The topological polar surface area (TPSA) is 142 Å². The molecule has 0 aliphatic carbocycles. The van der Waals surface area contributed by atoms with Crippen LogP contribution in [0.5, 0.6) is 0 Å². The average Bonchev–Trinajstić information content (AvgIpc) is 3.64. The fourth-order valence-corrected chi connectivity index (χ4v) is 5.07. The lowest BCUT2D eigenvalue weighted by Crippen LogP contribution is -2.55. The van der Waals surface area contributed by atoms with E-state index in [0.29, 0.717) is 5.56 Å². The van der Waals surface area contributed by atoms with Crippen molar-refractivity contribution in [3.8, 4) is 0 Å². The molecule has 0 amide bonds. The van der Waals surface area contributed by atoms with E-state index in [-0.39, 0.29) is 24.3 Å². The van der Waals surface area contributed by atoms with E-state index in [4.69, 9.17) is 38.9 Å². The minimum Gasteiger partial charge on any atom is -0.459 e. The number of ether oxygens (including phenoxy) is 7. The summed E-state index contributed by atoms with van der Waals surface area (Å²) >= 11 is 0. The highest BCUT2D eigenvalue weighted by Gasteiger charge is 2.62. The second-order valence-electron chi connectivity index (χ2n) is 10.1. The van der Waals surface area contributed by atoms with Crippen LogP contribution in [-0.4, -0.2) is 81.3 Å².